The highest BCUT2D eigenvalue weighted by Crippen LogP contribution is 2.27. The van der Waals surface area contributed by atoms with E-state index in [1.165, 1.54) is 11.1 Å². The molecule has 0 aliphatic carbocycles. The van der Waals surface area contributed by atoms with Crippen molar-refractivity contribution in [2.75, 3.05) is 5.43 Å². The van der Waals surface area contributed by atoms with E-state index in [-0.39, 0.29) is 0 Å². The molecule has 0 spiro atoms. The van der Waals surface area contributed by atoms with E-state index in [2.05, 4.69) is 73.6 Å². The largest absolute Gasteiger partial charge is 0.456 e. The lowest BCUT2D eigenvalue weighted by atomic mass is 10.1. The number of rotatable bonds is 3. The van der Waals surface area contributed by atoms with Crippen LogP contribution in [0.4, 0.5) is 5.13 Å². The molecule has 5 rings (SSSR count). The molecule has 0 aliphatic rings. The second kappa shape index (κ2) is 7.43. The molecule has 3 aromatic carbocycles. The van der Waals surface area contributed by atoms with Crippen LogP contribution in [0.3, 0.4) is 0 Å². The Kier molecular flexibility index (Phi) is 4.60. The van der Waals surface area contributed by atoms with Gasteiger partial charge in [-0.2, -0.15) is 5.10 Å². The number of hydrogen-bond donors (Lipinski definition) is 1. The zero-order valence-electron chi connectivity index (χ0n) is 17.1. The molecule has 148 valence electrons. The maximum atomic E-state index is 6.31. The summed E-state index contributed by atoms with van der Waals surface area (Å²) in [5, 5.41) is 7.31. The van der Waals surface area contributed by atoms with E-state index < -0.39 is 0 Å². The van der Waals surface area contributed by atoms with Gasteiger partial charge in [-0.25, -0.2) is 4.98 Å². The van der Waals surface area contributed by atoms with Crippen LogP contribution in [0.2, 0.25) is 0 Å². The molecule has 0 radical (unpaired) electrons. The lowest BCUT2D eigenvalue weighted by Crippen LogP contribution is -2.08. The Hall–Kier alpha value is -3.44. The fourth-order valence-electron chi connectivity index (χ4n) is 3.60. The number of para-hydroxylation sites is 1. The van der Waals surface area contributed by atoms with Crippen molar-refractivity contribution in [2.24, 2.45) is 5.10 Å². The number of anilines is 1. The fraction of sp³-hybridized carbons (Fsp3) is 0.120. The van der Waals surface area contributed by atoms with Crippen LogP contribution in [0.25, 0.3) is 32.5 Å². The number of aromatic nitrogens is 1. The number of hydrogen-bond acceptors (Lipinski definition) is 5. The van der Waals surface area contributed by atoms with Crippen molar-refractivity contribution in [1.29, 1.82) is 0 Å². The van der Waals surface area contributed by atoms with Crippen LogP contribution in [-0.4, -0.2) is 4.98 Å². The van der Waals surface area contributed by atoms with Gasteiger partial charge >= 0.3 is 0 Å². The highest BCUT2D eigenvalue weighted by Gasteiger charge is 2.10. The van der Waals surface area contributed by atoms with Gasteiger partial charge in [-0.1, -0.05) is 59.4 Å². The summed E-state index contributed by atoms with van der Waals surface area (Å²) in [5.74, 6) is 0.791. The molecule has 2 aromatic heterocycles. The molecule has 0 atom stereocenters. The van der Waals surface area contributed by atoms with E-state index in [4.69, 9.17) is 9.52 Å². The average molecular weight is 412 g/mol. The van der Waals surface area contributed by atoms with Crippen LogP contribution in [0.1, 0.15) is 16.7 Å². The van der Waals surface area contributed by atoms with Crippen LogP contribution in [-0.2, 0) is 0 Å². The number of benzene rings is 3. The van der Waals surface area contributed by atoms with Crippen molar-refractivity contribution >= 4 is 37.7 Å². The smallest absolute Gasteiger partial charge is 0.204 e. The van der Waals surface area contributed by atoms with Crippen LogP contribution in [0, 0.1) is 20.8 Å². The first-order valence-electron chi connectivity index (χ1n) is 9.84. The van der Waals surface area contributed by atoms with Gasteiger partial charge in [0.2, 0.25) is 5.13 Å². The molecule has 0 saturated carbocycles. The van der Waals surface area contributed by atoms with Gasteiger partial charge in [0, 0.05) is 17.0 Å². The van der Waals surface area contributed by atoms with Crippen LogP contribution in [0.15, 0.2) is 76.2 Å². The molecule has 5 aromatic rings. The summed E-state index contributed by atoms with van der Waals surface area (Å²) < 4.78 is 7.45. The highest BCUT2D eigenvalue weighted by molar-refractivity contribution is 7.22. The predicted molar refractivity (Wildman–Crippen MR) is 125 cm³/mol. The minimum absolute atomic E-state index is 0.770. The summed E-state index contributed by atoms with van der Waals surface area (Å²) in [4.78, 5) is 4.62. The molecule has 0 saturated heterocycles. The maximum Gasteiger partial charge on any atom is 0.204 e. The standard InChI is InChI=1S/C25H21N3OS/c1-15-8-10-18(11-9-15)22-14-21(19-13-16(2)12-17(3)24(19)29-22)27-28-25-26-20-6-4-5-7-23(20)30-25/h4-14H,1-3H3,(H,26,28). The topological polar surface area (TPSA) is 50.4 Å². The molecule has 4 nitrogen and oxygen atoms in total. The summed E-state index contributed by atoms with van der Waals surface area (Å²) in [5.41, 5.74) is 9.49. The molecule has 1 N–H and O–H groups in total. The third kappa shape index (κ3) is 3.48. The van der Waals surface area contributed by atoms with Gasteiger partial charge in [0.25, 0.3) is 0 Å². The van der Waals surface area contributed by atoms with Crippen molar-refractivity contribution < 1.29 is 4.42 Å². The van der Waals surface area contributed by atoms with Gasteiger partial charge in [-0.05, 0) is 50.1 Å². The molecule has 0 bridgehead atoms. The van der Waals surface area contributed by atoms with Gasteiger partial charge < -0.3 is 4.42 Å². The second-order valence-corrected chi connectivity index (χ2v) is 8.56. The molecule has 2 heterocycles. The lowest BCUT2D eigenvalue weighted by molar-refractivity contribution is 0.615. The zero-order valence-corrected chi connectivity index (χ0v) is 17.9. The fourth-order valence-corrected chi connectivity index (χ4v) is 4.41. The Morgan fingerprint density at radius 3 is 2.50 bits per heavy atom. The van der Waals surface area contributed by atoms with Gasteiger partial charge in [0.15, 0.2) is 0 Å². The Morgan fingerprint density at radius 2 is 1.70 bits per heavy atom. The SMILES string of the molecule is Cc1ccc(-c2cc(=NNc3nc4ccccc4s3)c3cc(C)cc(C)c3o2)cc1. The number of nitrogens with zero attached hydrogens (tertiary/aromatic N) is 2. The monoisotopic (exact) mass is 411 g/mol. The molecule has 0 fully saturated rings. The van der Waals surface area contributed by atoms with Crippen molar-refractivity contribution in [3.8, 4) is 11.3 Å². The minimum Gasteiger partial charge on any atom is -0.456 e. The van der Waals surface area contributed by atoms with Gasteiger partial charge in [-0.3, -0.25) is 5.43 Å². The first kappa shape index (κ1) is 18.6. The minimum atomic E-state index is 0.770. The third-order valence-electron chi connectivity index (χ3n) is 5.08. The van der Waals surface area contributed by atoms with Crippen molar-refractivity contribution in [3.05, 3.63) is 88.8 Å². The van der Waals surface area contributed by atoms with E-state index in [1.54, 1.807) is 11.3 Å². The lowest BCUT2D eigenvalue weighted by Gasteiger charge is -2.08. The van der Waals surface area contributed by atoms with Gasteiger partial charge in [0.05, 0.1) is 15.6 Å². The first-order valence-corrected chi connectivity index (χ1v) is 10.7. The Morgan fingerprint density at radius 1 is 0.900 bits per heavy atom. The summed E-state index contributed by atoms with van der Waals surface area (Å²) in [6.07, 6.45) is 0. The van der Waals surface area contributed by atoms with Crippen molar-refractivity contribution in [1.82, 2.24) is 4.98 Å². The van der Waals surface area contributed by atoms with E-state index >= 15 is 0 Å². The van der Waals surface area contributed by atoms with Crippen LogP contribution in [0.5, 0.6) is 0 Å². The Balaban J connectivity index is 1.68. The van der Waals surface area contributed by atoms with Crippen LogP contribution >= 0.6 is 11.3 Å². The Bertz CT molecular complexity index is 1410. The van der Waals surface area contributed by atoms with E-state index in [9.17, 15) is 0 Å². The Labute approximate surface area is 178 Å². The summed E-state index contributed by atoms with van der Waals surface area (Å²) in [7, 11) is 0. The van der Waals surface area contributed by atoms with E-state index in [0.717, 1.165) is 48.6 Å². The van der Waals surface area contributed by atoms with Gasteiger partial charge in [0.1, 0.15) is 11.3 Å². The number of aryl methyl sites for hydroxylation is 3. The van der Waals surface area contributed by atoms with Crippen molar-refractivity contribution in [3.63, 3.8) is 0 Å². The summed E-state index contributed by atoms with van der Waals surface area (Å²) in [6.45, 7) is 6.24. The summed E-state index contributed by atoms with van der Waals surface area (Å²) >= 11 is 1.59. The quantitative estimate of drug-likeness (QED) is 0.342. The number of nitrogens with one attached hydrogen (secondary N) is 1. The zero-order chi connectivity index (χ0) is 20.7. The molecular formula is C25H21N3OS. The molecule has 0 amide bonds. The van der Waals surface area contributed by atoms with Crippen LogP contribution < -0.4 is 10.8 Å². The molecule has 0 aliphatic heterocycles. The maximum absolute atomic E-state index is 6.31. The molecule has 0 unspecified atom stereocenters. The van der Waals surface area contributed by atoms with Crippen molar-refractivity contribution in [2.45, 2.75) is 20.8 Å². The highest BCUT2D eigenvalue weighted by atomic mass is 32.1. The second-order valence-electron chi connectivity index (χ2n) is 7.53. The predicted octanol–water partition coefficient (Wildman–Crippen LogP) is 6.56. The van der Waals surface area contributed by atoms with E-state index in [1.807, 2.05) is 24.3 Å². The van der Waals surface area contributed by atoms with Gasteiger partial charge in [-0.15, -0.1) is 0 Å². The molecular weight excluding hydrogens is 390 g/mol. The third-order valence-corrected chi connectivity index (χ3v) is 6.02. The number of fused-ring (bicyclic) bond motifs is 2. The first-order chi connectivity index (χ1) is 14.6. The van der Waals surface area contributed by atoms with E-state index in [0.29, 0.717) is 0 Å². The normalized spacial score (nSPS) is 12.0. The summed E-state index contributed by atoms with van der Waals surface area (Å²) in [6, 6.07) is 22.7. The molecule has 5 heteroatoms. The molecule has 30 heavy (non-hydrogen) atoms. The average Bonchev–Trinajstić information content (AvgIpc) is 3.16. The number of thiazole rings is 1.